The predicted molar refractivity (Wildman–Crippen MR) is 68.6 cm³/mol. The number of aliphatic hydroxyl groups excluding tert-OH is 1. The second kappa shape index (κ2) is 6.23. The summed E-state index contributed by atoms with van der Waals surface area (Å²) >= 11 is 0. The Morgan fingerprint density at radius 2 is 1.95 bits per heavy atom. The van der Waals surface area contributed by atoms with Crippen LogP contribution in [0, 0.1) is 0 Å². The van der Waals surface area contributed by atoms with E-state index < -0.39 is 23.7 Å². The summed E-state index contributed by atoms with van der Waals surface area (Å²) in [7, 11) is 0. The number of hydrogen-bond donors (Lipinski definition) is 1. The number of carbonyl (C=O) groups excluding carboxylic acids is 2. The number of likely N-dealkylation sites (tertiary alicyclic amines) is 1. The second-order valence-electron chi connectivity index (χ2n) is 5.57. The maximum atomic E-state index is 12.1. The van der Waals surface area contributed by atoms with E-state index in [1.54, 1.807) is 27.7 Å². The minimum atomic E-state index is -0.660. The van der Waals surface area contributed by atoms with Crippen molar-refractivity contribution in [2.24, 2.45) is 0 Å². The number of aliphatic hydroxyl groups is 1. The molecule has 1 amide bonds. The van der Waals surface area contributed by atoms with Crippen molar-refractivity contribution < 1.29 is 24.2 Å². The summed E-state index contributed by atoms with van der Waals surface area (Å²) in [5.74, 6) is -0.440. The third-order valence-electron chi connectivity index (χ3n) is 2.88. The molecule has 0 aromatic heterocycles. The normalized spacial score (nSPS) is 23.3. The number of hydrogen-bond acceptors (Lipinski definition) is 5. The van der Waals surface area contributed by atoms with Gasteiger partial charge in [-0.15, -0.1) is 0 Å². The predicted octanol–water partition coefficient (Wildman–Crippen LogP) is 1.31. The highest BCUT2D eigenvalue weighted by molar-refractivity contribution is 5.82. The van der Waals surface area contributed by atoms with Gasteiger partial charge in [-0.25, -0.2) is 9.59 Å². The average Bonchev–Trinajstić information content (AvgIpc) is 2.70. The molecule has 1 N–H and O–H groups in total. The van der Waals surface area contributed by atoms with Gasteiger partial charge in [0, 0.05) is 0 Å². The quantitative estimate of drug-likeness (QED) is 0.785. The molecular formula is C13H23NO5. The summed E-state index contributed by atoms with van der Waals surface area (Å²) in [6.45, 7) is 7.07. The summed E-state index contributed by atoms with van der Waals surface area (Å²) in [6, 6.07) is -1.05. The molecule has 1 rings (SSSR count). The molecular weight excluding hydrogens is 250 g/mol. The maximum Gasteiger partial charge on any atom is 0.411 e. The van der Waals surface area contributed by atoms with Crippen molar-refractivity contribution in [3.05, 3.63) is 0 Å². The number of nitrogens with zero attached hydrogens (tertiary/aromatic N) is 1. The molecule has 0 bridgehead atoms. The fourth-order valence-electron chi connectivity index (χ4n) is 2.12. The Morgan fingerprint density at radius 3 is 2.42 bits per heavy atom. The lowest BCUT2D eigenvalue weighted by Crippen LogP contribution is -2.48. The van der Waals surface area contributed by atoms with Crippen LogP contribution in [0.15, 0.2) is 0 Å². The molecule has 2 atom stereocenters. The number of amides is 1. The third-order valence-corrected chi connectivity index (χ3v) is 2.88. The van der Waals surface area contributed by atoms with Gasteiger partial charge in [-0.1, -0.05) is 0 Å². The lowest BCUT2D eigenvalue weighted by atomic mass is 10.2. The van der Waals surface area contributed by atoms with Crippen LogP contribution in [0.3, 0.4) is 0 Å². The number of esters is 1. The molecule has 110 valence electrons. The van der Waals surface area contributed by atoms with E-state index in [-0.39, 0.29) is 19.3 Å². The van der Waals surface area contributed by atoms with Gasteiger partial charge >= 0.3 is 12.1 Å². The monoisotopic (exact) mass is 273 g/mol. The SMILES string of the molecule is CCOC(=O)C1CCC(CO)N1C(=O)OC(C)(C)C. The Kier molecular flexibility index (Phi) is 5.17. The summed E-state index contributed by atoms with van der Waals surface area (Å²) in [5.41, 5.74) is -0.640. The van der Waals surface area contributed by atoms with Crippen LogP contribution >= 0.6 is 0 Å². The summed E-state index contributed by atoms with van der Waals surface area (Å²) in [6.07, 6.45) is 0.477. The van der Waals surface area contributed by atoms with E-state index in [9.17, 15) is 14.7 Å². The fourth-order valence-corrected chi connectivity index (χ4v) is 2.12. The van der Waals surface area contributed by atoms with Gasteiger partial charge in [0.1, 0.15) is 11.6 Å². The highest BCUT2D eigenvalue weighted by Crippen LogP contribution is 2.27. The van der Waals surface area contributed by atoms with Crippen LogP contribution in [0.1, 0.15) is 40.5 Å². The van der Waals surface area contributed by atoms with Crippen molar-refractivity contribution in [2.45, 2.75) is 58.2 Å². The molecule has 19 heavy (non-hydrogen) atoms. The number of rotatable bonds is 3. The second-order valence-corrected chi connectivity index (χ2v) is 5.57. The number of carbonyl (C=O) groups is 2. The first-order valence-corrected chi connectivity index (χ1v) is 6.59. The van der Waals surface area contributed by atoms with Crippen molar-refractivity contribution >= 4 is 12.1 Å². The number of ether oxygens (including phenoxy) is 2. The van der Waals surface area contributed by atoms with E-state index in [2.05, 4.69) is 0 Å². The molecule has 1 saturated heterocycles. The zero-order valence-electron chi connectivity index (χ0n) is 12.0. The van der Waals surface area contributed by atoms with Gasteiger partial charge in [0.25, 0.3) is 0 Å². The van der Waals surface area contributed by atoms with E-state index in [1.807, 2.05) is 0 Å². The molecule has 2 unspecified atom stereocenters. The van der Waals surface area contributed by atoms with Gasteiger partial charge in [0.05, 0.1) is 19.3 Å². The van der Waals surface area contributed by atoms with Gasteiger partial charge < -0.3 is 14.6 Å². The first-order chi connectivity index (χ1) is 8.80. The van der Waals surface area contributed by atoms with Crippen molar-refractivity contribution in [1.82, 2.24) is 4.90 Å². The lowest BCUT2D eigenvalue weighted by molar-refractivity contribution is -0.148. The molecule has 0 saturated carbocycles. The van der Waals surface area contributed by atoms with Gasteiger partial charge in [-0.05, 0) is 40.5 Å². The Hall–Kier alpha value is -1.30. The first-order valence-electron chi connectivity index (χ1n) is 6.59. The Labute approximate surface area is 113 Å². The van der Waals surface area contributed by atoms with Gasteiger partial charge in [0.2, 0.25) is 0 Å². The minimum Gasteiger partial charge on any atom is -0.464 e. The van der Waals surface area contributed by atoms with Crippen LogP contribution in [-0.2, 0) is 14.3 Å². The topological polar surface area (TPSA) is 76.1 Å². The van der Waals surface area contributed by atoms with Crippen LogP contribution in [0.25, 0.3) is 0 Å². The van der Waals surface area contributed by atoms with Gasteiger partial charge in [-0.3, -0.25) is 4.90 Å². The molecule has 0 radical (unpaired) electrons. The maximum absolute atomic E-state index is 12.1. The Morgan fingerprint density at radius 1 is 1.32 bits per heavy atom. The average molecular weight is 273 g/mol. The summed E-state index contributed by atoms with van der Waals surface area (Å²) < 4.78 is 10.2. The highest BCUT2D eigenvalue weighted by atomic mass is 16.6. The van der Waals surface area contributed by atoms with Crippen LogP contribution in [0.5, 0.6) is 0 Å². The van der Waals surface area contributed by atoms with E-state index in [0.29, 0.717) is 12.8 Å². The van der Waals surface area contributed by atoms with Crippen molar-refractivity contribution in [3.63, 3.8) is 0 Å². The largest absolute Gasteiger partial charge is 0.464 e. The minimum absolute atomic E-state index is 0.185. The van der Waals surface area contributed by atoms with Crippen LogP contribution in [0.2, 0.25) is 0 Å². The highest BCUT2D eigenvalue weighted by Gasteiger charge is 2.43. The lowest BCUT2D eigenvalue weighted by Gasteiger charge is -2.30. The molecule has 1 aliphatic rings. The molecule has 0 aromatic carbocycles. The van der Waals surface area contributed by atoms with Crippen LogP contribution in [0.4, 0.5) is 4.79 Å². The zero-order chi connectivity index (χ0) is 14.6. The molecule has 1 heterocycles. The van der Waals surface area contributed by atoms with E-state index in [0.717, 1.165) is 0 Å². The summed E-state index contributed by atoms with van der Waals surface area (Å²) in [4.78, 5) is 25.3. The van der Waals surface area contributed by atoms with E-state index >= 15 is 0 Å². The fraction of sp³-hybridized carbons (Fsp3) is 0.846. The van der Waals surface area contributed by atoms with E-state index in [1.165, 1.54) is 4.90 Å². The van der Waals surface area contributed by atoms with Crippen molar-refractivity contribution in [3.8, 4) is 0 Å². The molecule has 6 nitrogen and oxygen atoms in total. The van der Waals surface area contributed by atoms with Gasteiger partial charge in [-0.2, -0.15) is 0 Å². The van der Waals surface area contributed by atoms with Crippen molar-refractivity contribution in [1.29, 1.82) is 0 Å². The molecule has 0 aromatic rings. The van der Waals surface area contributed by atoms with Gasteiger partial charge in [0.15, 0.2) is 0 Å². The molecule has 0 spiro atoms. The van der Waals surface area contributed by atoms with Crippen LogP contribution < -0.4 is 0 Å². The standard InChI is InChI=1S/C13H23NO5/c1-5-18-11(16)10-7-6-9(8-15)14(10)12(17)19-13(2,3)4/h9-10,15H,5-8H2,1-4H3. The molecule has 1 aliphatic heterocycles. The molecule has 6 heteroatoms. The Bertz CT molecular complexity index is 336. The van der Waals surface area contributed by atoms with Crippen LogP contribution in [-0.4, -0.2) is 53.0 Å². The van der Waals surface area contributed by atoms with E-state index in [4.69, 9.17) is 9.47 Å². The third kappa shape index (κ3) is 4.09. The first kappa shape index (κ1) is 15.8. The van der Waals surface area contributed by atoms with Crippen molar-refractivity contribution in [2.75, 3.05) is 13.2 Å². The smallest absolute Gasteiger partial charge is 0.411 e. The zero-order valence-corrected chi connectivity index (χ0v) is 12.0. The summed E-state index contributed by atoms with van der Waals surface area (Å²) in [5, 5.41) is 9.31. The Balaban J connectivity index is 2.82. The molecule has 1 fully saturated rings. The molecule has 0 aliphatic carbocycles.